The van der Waals surface area contributed by atoms with Crippen molar-refractivity contribution in [1.29, 1.82) is 0 Å². The van der Waals surface area contributed by atoms with Crippen molar-refractivity contribution < 1.29 is 9.59 Å². The van der Waals surface area contributed by atoms with E-state index in [1.807, 2.05) is 0 Å². The molecule has 96 valence electrons. The molecular formula is C12H16N4O2. The molecule has 2 fully saturated rings. The zero-order chi connectivity index (χ0) is 12.9. The minimum absolute atomic E-state index is 0.00157. The van der Waals surface area contributed by atoms with E-state index in [0.717, 1.165) is 12.8 Å². The van der Waals surface area contributed by atoms with Gasteiger partial charge in [-0.3, -0.25) is 19.2 Å². The minimum Gasteiger partial charge on any atom is -0.329 e. The molecule has 2 amide bonds. The van der Waals surface area contributed by atoms with Gasteiger partial charge in [0.15, 0.2) is 5.82 Å². The van der Waals surface area contributed by atoms with Gasteiger partial charge in [0, 0.05) is 25.9 Å². The predicted octanol–water partition coefficient (Wildman–Crippen LogP) is 0.146. The number of rotatable bonds is 1. The molecule has 1 aromatic rings. The van der Waals surface area contributed by atoms with Crippen LogP contribution in [0, 0.1) is 0 Å². The van der Waals surface area contributed by atoms with E-state index in [2.05, 4.69) is 5.10 Å². The van der Waals surface area contributed by atoms with Gasteiger partial charge in [0.25, 0.3) is 5.91 Å². The van der Waals surface area contributed by atoms with Crippen molar-refractivity contribution in [2.75, 3.05) is 11.4 Å². The molecule has 0 aliphatic carbocycles. The lowest BCUT2D eigenvalue weighted by atomic mass is 10.1. The van der Waals surface area contributed by atoms with E-state index in [1.165, 1.54) is 4.90 Å². The number of piperazine rings is 1. The molecule has 2 aliphatic heterocycles. The first-order valence-corrected chi connectivity index (χ1v) is 6.23. The molecule has 0 saturated carbocycles. The van der Waals surface area contributed by atoms with Crippen LogP contribution in [0.1, 0.15) is 19.8 Å². The molecule has 3 rings (SSSR count). The maximum Gasteiger partial charge on any atom is 0.251 e. The fraction of sp³-hybridized carbons (Fsp3) is 0.583. The molecule has 0 N–H and O–H groups in total. The summed E-state index contributed by atoms with van der Waals surface area (Å²) in [4.78, 5) is 27.9. The van der Waals surface area contributed by atoms with Gasteiger partial charge >= 0.3 is 0 Å². The summed E-state index contributed by atoms with van der Waals surface area (Å²) in [5.74, 6) is 0.593. The molecule has 2 aliphatic rings. The fourth-order valence-corrected chi connectivity index (χ4v) is 2.83. The highest BCUT2D eigenvalue weighted by molar-refractivity contribution is 6.07. The molecule has 0 bridgehead atoms. The zero-order valence-corrected chi connectivity index (χ0v) is 10.5. The third kappa shape index (κ3) is 1.45. The summed E-state index contributed by atoms with van der Waals surface area (Å²) in [6.07, 6.45) is 3.45. The van der Waals surface area contributed by atoms with E-state index in [0.29, 0.717) is 12.4 Å². The molecule has 0 radical (unpaired) electrons. The van der Waals surface area contributed by atoms with E-state index < -0.39 is 6.04 Å². The topological polar surface area (TPSA) is 58.4 Å². The van der Waals surface area contributed by atoms with Crippen LogP contribution in [-0.4, -0.2) is 45.1 Å². The Balaban J connectivity index is 1.98. The Labute approximate surface area is 105 Å². The number of aromatic nitrogens is 2. The summed E-state index contributed by atoms with van der Waals surface area (Å²) in [5, 5.41) is 4.23. The average Bonchev–Trinajstić information content (AvgIpc) is 2.95. The smallest absolute Gasteiger partial charge is 0.251 e. The largest absolute Gasteiger partial charge is 0.329 e. The molecule has 2 unspecified atom stereocenters. The van der Waals surface area contributed by atoms with Crippen LogP contribution in [0.25, 0.3) is 0 Å². The molecule has 3 heterocycles. The Bertz CT molecular complexity index is 510. The summed E-state index contributed by atoms with van der Waals surface area (Å²) in [5.41, 5.74) is 0. The lowest BCUT2D eigenvalue weighted by Crippen LogP contribution is -2.62. The van der Waals surface area contributed by atoms with Crippen molar-refractivity contribution in [2.45, 2.75) is 31.8 Å². The standard InChI is InChI=1S/C12H16N4O2/c1-8-11(17)15-6-3-4-9(15)12(18)16(8)10-5-7-14(2)13-10/h5,7-9H,3-4,6H2,1-2H3. The number of nitrogens with zero attached hydrogens (tertiary/aromatic N) is 4. The molecule has 6 nitrogen and oxygen atoms in total. The quantitative estimate of drug-likeness (QED) is 0.710. The first-order chi connectivity index (χ1) is 8.59. The Kier molecular flexibility index (Phi) is 2.39. The van der Waals surface area contributed by atoms with Gasteiger partial charge < -0.3 is 4.90 Å². The second-order valence-electron chi connectivity index (χ2n) is 4.92. The third-order valence-electron chi connectivity index (χ3n) is 3.75. The Morgan fingerprint density at radius 1 is 1.33 bits per heavy atom. The number of fused-ring (bicyclic) bond motifs is 1. The number of carbonyl (C=O) groups excluding carboxylic acids is 2. The predicted molar refractivity (Wildman–Crippen MR) is 64.9 cm³/mol. The van der Waals surface area contributed by atoms with Crippen LogP contribution in [0.4, 0.5) is 5.82 Å². The lowest BCUT2D eigenvalue weighted by molar-refractivity contribution is -0.143. The van der Waals surface area contributed by atoms with Gasteiger partial charge in [0.1, 0.15) is 12.1 Å². The van der Waals surface area contributed by atoms with Gasteiger partial charge in [-0.05, 0) is 19.8 Å². The molecule has 2 atom stereocenters. The first kappa shape index (κ1) is 11.3. The highest BCUT2D eigenvalue weighted by Gasteiger charge is 2.47. The lowest BCUT2D eigenvalue weighted by Gasteiger charge is -2.39. The summed E-state index contributed by atoms with van der Waals surface area (Å²) >= 11 is 0. The monoisotopic (exact) mass is 248 g/mol. The van der Waals surface area contributed by atoms with Crippen molar-refractivity contribution >= 4 is 17.6 Å². The third-order valence-corrected chi connectivity index (χ3v) is 3.75. The van der Waals surface area contributed by atoms with Crippen LogP contribution in [0.2, 0.25) is 0 Å². The van der Waals surface area contributed by atoms with Gasteiger partial charge in [0.2, 0.25) is 5.91 Å². The zero-order valence-electron chi connectivity index (χ0n) is 10.5. The van der Waals surface area contributed by atoms with E-state index >= 15 is 0 Å². The summed E-state index contributed by atoms with van der Waals surface area (Å²) in [7, 11) is 1.80. The number of hydrogen-bond acceptors (Lipinski definition) is 3. The van der Waals surface area contributed by atoms with Crippen molar-refractivity contribution in [2.24, 2.45) is 7.05 Å². The fourth-order valence-electron chi connectivity index (χ4n) is 2.83. The van der Waals surface area contributed by atoms with Crippen LogP contribution in [-0.2, 0) is 16.6 Å². The van der Waals surface area contributed by atoms with E-state index in [-0.39, 0.29) is 17.9 Å². The van der Waals surface area contributed by atoms with Crippen LogP contribution < -0.4 is 4.90 Å². The second-order valence-corrected chi connectivity index (χ2v) is 4.92. The van der Waals surface area contributed by atoms with Gasteiger partial charge in [0.05, 0.1) is 0 Å². The van der Waals surface area contributed by atoms with Gasteiger partial charge in [-0.1, -0.05) is 0 Å². The maximum absolute atomic E-state index is 12.5. The van der Waals surface area contributed by atoms with Crippen LogP contribution in [0.15, 0.2) is 12.3 Å². The Hall–Kier alpha value is -1.85. The summed E-state index contributed by atoms with van der Waals surface area (Å²) < 4.78 is 1.64. The molecule has 2 saturated heterocycles. The number of aryl methyl sites for hydroxylation is 1. The molecular weight excluding hydrogens is 232 g/mol. The van der Waals surface area contributed by atoms with E-state index in [9.17, 15) is 9.59 Å². The van der Waals surface area contributed by atoms with Gasteiger partial charge in [-0.25, -0.2) is 0 Å². The first-order valence-electron chi connectivity index (χ1n) is 6.23. The normalized spacial score (nSPS) is 27.9. The molecule has 18 heavy (non-hydrogen) atoms. The highest BCUT2D eigenvalue weighted by atomic mass is 16.2. The molecule has 0 spiro atoms. The Morgan fingerprint density at radius 2 is 2.11 bits per heavy atom. The summed E-state index contributed by atoms with van der Waals surface area (Å²) in [6, 6.07) is 1.03. The van der Waals surface area contributed by atoms with Gasteiger partial charge in [-0.15, -0.1) is 0 Å². The van der Waals surface area contributed by atoms with Crippen LogP contribution in [0.3, 0.4) is 0 Å². The number of anilines is 1. The number of amides is 2. The number of hydrogen-bond donors (Lipinski definition) is 0. The van der Waals surface area contributed by atoms with Crippen molar-refractivity contribution in [1.82, 2.24) is 14.7 Å². The van der Waals surface area contributed by atoms with Gasteiger partial charge in [-0.2, -0.15) is 5.10 Å². The van der Waals surface area contributed by atoms with Crippen molar-refractivity contribution in [3.63, 3.8) is 0 Å². The SMILES string of the molecule is CC1C(=O)N2CCCC2C(=O)N1c1ccn(C)n1. The molecule has 1 aromatic heterocycles. The molecule has 0 aromatic carbocycles. The average molecular weight is 248 g/mol. The second kappa shape index (κ2) is 3.83. The summed E-state index contributed by atoms with van der Waals surface area (Å²) in [6.45, 7) is 2.47. The number of carbonyl (C=O) groups is 2. The highest BCUT2D eigenvalue weighted by Crippen LogP contribution is 2.29. The van der Waals surface area contributed by atoms with Crippen molar-refractivity contribution in [3.05, 3.63) is 12.3 Å². The maximum atomic E-state index is 12.5. The van der Waals surface area contributed by atoms with Crippen LogP contribution >= 0.6 is 0 Å². The molecule has 6 heteroatoms. The van der Waals surface area contributed by atoms with Crippen LogP contribution in [0.5, 0.6) is 0 Å². The van der Waals surface area contributed by atoms with Crippen molar-refractivity contribution in [3.8, 4) is 0 Å². The van der Waals surface area contributed by atoms with E-state index in [4.69, 9.17) is 0 Å². The minimum atomic E-state index is -0.457. The van der Waals surface area contributed by atoms with E-state index in [1.54, 1.807) is 35.8 Å². The Morgan fingerprint density at radius 3 is 2.78 bits per heavy atom.